The van der Waals surface area contributed by atoms with Crippen molar-refractivity contribution in [2.45, 2.75) is 38.5 Å². The maximum atomic E-state index is 12.4. The predicted molar refractivity (Wildman–Crippen MR) is 80.0 cm³/mol. The smallest absolute Gasteiger partial charge is 0.263 e. The van der Waals surface area contributed by atoms with E-state index in [2.05, 4.69) is 5.32 Å². The minimum absolute atomic E-state index is 0.0978. The summed E-state index contributed by atoms with van der Waals surface area (Å²) >= 11 is 1.39. The third kappa shape index (κ3) is 3.20. The van der Waals surface area contributed by atoms with Crippen LogP contribution in [-0.4, -0.2) is 29.8 Å². The van der Waals surface area contributed by atoms with Crippen LogP contribution in [0.15, 0.2) is 12.1 Å². The lowest BCUT2D eigenvalue weighted by Gasteiger charge is -2.19. The van der Waals surface area contributed by atoms with E-state index in [1.807, 2.05) is 17.0 Å². The van der Waals surface area contributed by atoms with Crippen LogP contribution < -0.4 is 5.32 Å². The van der Waals surface area contributed by atoms with Crippen LogP contribution >= 0.6 is 11.3 Å². The van der Waals surface area contributed by atoms with E-state index in [1.54, 1.807) is 0 Å². The molecular formula is C15H20N2O2S. The number of nitrogens with zero attached hydrogens (tertiary/aromatic N) is 1. The van der Waals surface area contributed by atoms with Crippen molar-refractivity contribution in [1.29, 1.82) is 0 Å². The van der Waals surface area contributed by atoms with Gasteiger partial charge in [0, 0.05) is 19.0 Å². The summed E-state index contributed by atoms with van der Waals surface area (Å²) in [4.78, 5) is 26.8. The number of thiophene rings is 1. The fraction of sp³-hybridized carbons (Fsp3) is 0.600. The molecule has 1 saturated heterocycles. The molecule has 1 N–H and O–H groups in total. The Labute approximate surface area is 123 Å². The van der Waals surface area contributed by atoms with Gasteiger partial charge in [-0.2, -0.15) is 0 Å². The Kier molecular flexibility index (Phi) is 4.05. The number of likely N-dealkylation sites (tertiary alicyclic amines) is 1. The summed E-state index contributed by atoms with van der Waals surface area (Å²) in [5.41, 5.74) is 0. The number of amides is 2. The second-order valence-corrected chi connectivity index (χ2v) is 6.72. The van der Waals surface area contributed by atoms with Crippen molar-refractivity contribution in [2.24, 2.45) is 5.92 Å². The van der Waals surface area contributed by atoms with E-state index in [4.69, 9.17) is 0 Å². The van der Waals surface area contributed by atoms with Crippen LogP contribution in [0.5, 0.6) is 0 Å². The topological polar surface area (TPSA) is 49.4 Å². The van der Waals surface area contributed by atoms with Crippen LogP contribution in [0.3, 0.4) is 0 Å². The van der Waals surface area contributed by atoms with E-state index in [9.17, 15) is 9.59 Å². The molecule has 0 radical (unpaired) electrons. The van der Waals surface area contributed by atoms with Gasteiger partial charge in [0.15, 0.2) is 0 Å². The third-order valence-electron chi connectivity index (χ3n) is 3.90. The largest absolute Gasteiger partial charge is 0.338 e. The van der Waals surface area contributed by atoms with Gasteiger partial charge in [-0.3, -0.25) is 9.59 Å². The molecule has 5 heteroatoms. The van der Waals surface area contributed by atoms with Crippen LogP contribution in [-0.2, 0) is 4.79 Å². The van der Waals surface area contributed by atoms with Crippen molar-refractivity contribution >= 4 is 28.2 Å². The third-order valence-corrected chi connectivity index (χ3v) is 4.89. The van der Waals surface area contributed by atoms with Gasteiger partial charge in [0.05, 0.1) is 9.88 Å². The highest BCUT2D eigenvalue weighted by molar-refractivity contribution is 7.18. The summed E-state index contributed by atoms with van der Waals surface area (Å²) in [6.45, 7) is 1.72. The Morgan fingerprint density at radius 3 is 2.45 bits per heavy atom. The summed E-state index contributed by atoms with van der Waals surface area (Å²) in [6, 6.07) is 3.68. The number of carbonyl (C=O) groups is 2. The zero-order valence-corrected chi connectivity index (χ0v) is 12.4. The van der Waals surface area contributed by atoms with Crippen molar-refractivity contribution in [1.82, 2.24) is 4.90 Å². The SMILES string of the molecule is O=C(Nc1ccc(C(=O)N2CCCCCC2)s1)C1CC1. The maximum absolute atomic E-state index is 12.4. The van der Waals surface area contributed by atoms with Gasteiger partial charge >= 0.3 is 0 Å². The summed E-state index contributed by atoms with van der Waals surface area (Å²) in [6.07, 6.45) is 6.63. The summed E-state index contributed by atoms with van der Waals surface area (Å²) < 4.78 is 0. The Morgan fingerprint density at radius 1 is 1.10 bits per heavy atom. The second-order valence-electron chi connectivity index (χ2n) is 5.63. The van der Waals surface area contributed by atoms with Crippen LogP contribution in [0.2, 0.25) is 0 Å². The molecule has 108 valence electrons. The molecule has 0 unspecified atom stereocenters. The molecule has 2 aliphatic rings. The Hall–Kier alpha value is -1.36. The highest BCUT2D eigenvalue weighted by atomic mass is 32.1. The summed E-state index contributed by atoms with van der Waals surface area (Å²) in [5.74, 6) is 0.409. The first-order valence-electron chi connectivity index (χ1n) is 7.44. The molecule has 1 aromatic rings. The monoisotopic (exact) mass is 292 g/mol. The zero-order valence-electron chi connectivity index (χ0n) is 11.6. The fourth-order valence-corrected chi connectivity index (χ4v) is 3.40. The van der Waals surface area contributed by atoms with Gasteiger partial charge in [-0.15, -0.1) is 11.3 Å². The van der Waals surface area contributed by atoms with Gasteiger partial charge in [-0.25, -0.2) is 0 Å². The molecule has 0 aromatic carbocycles. The van der Waals surface area contributed by atoms with Gasteiger partial charge in [-0.1, -0.05) is 12.8 Å². The highest BCUT2D eigenvalue weighted by Crippen LogP contribution is 2.32. The molecule has 1 aliphatic carbocycles. The second kappa shape index (κ2) is 5.95. The molecule has 2 fully saturated rings. The van der Waals surface area contributed by atoms with E-state index in [0.29, 0.717) is 0 Å². The van der Waals surface area contributed by atoms with Gasteiger partial charge in [0.25, 0.3) is 5.91 Å². The molecule has 1 aromatic heterocycles. The summed E-state index contributed by atoms with van der Waals surface area (Å²) in [5, 5.41) is 3.69. The van der Waals surface area contributed by atoms with Crippen molar-refractivity contribution in [3.8, 4) is 0 Å². The maximum Gasteiger partial charge on any atom is 0.263 e. The molecular weight excluding hydrogens is 272 g/mol. The van der Waals surface area contributed by atoms with Crippen molar-refractivity contribution in [2.75, 3.05) is 18.4 Å². The lowest BCUT2D eigenvalue weighted by atomic mass is 10.2. The lowest BCUT2D eigenvalue weighted by Crippen LogP contribution is -2.31. The number of hydrogen-bond acceptors (Lipinski definition) is 3. The van der Waals surface area contributed by atoms with Gasteiger partial charge in [0.2, 0.25) is 5.91 Å². The first-order valence-corrected chi connectivity index (χ1v) is 8.25. The first-order chi connectivity index (χ1) is 9.74. The minimum Gasteiger partial charge on any atom is -0.338 e. The summed E-state index contributed by atoms with van der Waals surface area (Å²) in [7, 11) is 0. The van der Waals surface area contributed by atoms with E-state index in [1.165, 1.54) is 24.2 Å². The Morgan fingerprint density at radius 2 is 1.80 bits per heavy atom. The normalized spacial score (nSPS) is 19.5. The molecule has 4 nitrogen and oxygen atoms in total. The average molecular weight is 292 g/mol. The quantitative estimate of drug-likeness (QED) is 0.930. The van der Waals surface area contributed by atoms with Gasteiger partial charge in [0.1, 0.15) is 0 Å². The van der Waals surface area contributed by atoms with Crippen LogP contribution in [0.25, 0.3) is 0 Å². The van der Waals surface area contributed by atoms with E-state index >= 15 is 0 Å². The number of rotatable bonds is 3. The molecule has 0 spiro atoms. The van der Waals surface area contributed by atoms with Crippen molar-refractivity contribution in [3.63, 3.8) is 0 Å². The van der Waals surface area contributed by atoms with E-state index < -0.39 is 0 Å². The van der Waals surface area contributed by atoms with Crippen molar-refractivity contribution in [3.05, 3.63) is 17.0 Å². The predicted octanol–water partition coefficient (Wildman–Crippen LogP) is 3.11. The number of nitrogens with one attached hydrogen (secondary N) is 1. The molecule has 1 saturated carbocycles. The van der Waals surface area contributed by atoms with Crippen LogP contribution in [0, 0.1) is 5.92 Å². The molecule has 1 aliphatic heterocycles. The highest BCUT2D eigenvalue weighted by Gasteiger charge is 2.30. The number of anilines is 1. The molecule has 0 atom stereocenters. The Balaban J connectivity index is 1.62. The van der Waals surface area contributed by atoms with Crippen LogP contribution in [0.1, 0.15) is 48.2 Å². The van der Waals surface area contributed by atoms with Gasteiger partial charge in [-0.05, 0) is 37.8 Å². The molecule has 2 heterocycles. The first kappa shape index (κ1) is 13.6. The average Bonchev–Trinajstić information content (AvgIpc) is 3.24. The lowest BCUT2D eigenvalue weighted by molar-refractivity contribution is -0.117. The van der Waals surface area contributed by atoms with E-state index in [-0.39, 0.29) is 17.7 Å². The number of carbonyl (C=O) groups excluding carboxylic acids is 2. The minimum atomic E-state index is 0.0978. The van der Waals surface area contributed by atoms with Gasteiger partial charge < -0.3 is 10.2 Å². The zero-order chi connectivity index (χ0) is 13.9. The van der Waals surface area contributed by atoms with E-state index in [0.717, 1.165) is 48.7 Å². The standard InChI is InChI=1S/C15H20N2O2S/c18-14(11-5-6-11)16-13-8-7-12(20-13)15(19)17-9-3-1-2-4-10-17/h7-8,11H,1-6,9-10H2,(H,16,18). The number of hydrogen-bond donors (Lipinski definition) is 1. The Bertz CT molecular complexity index is 500. The van der Waals surface area contributed by atoms with Crippen molar-refractivity contribution < 1.29 is 9.59 Å². The molecule has 0 bridgehead atoms. The molecule has 20 heavy (non-hydrogen) atoms. The molecule has 3 rings (SSSR count). The fourth-order valence-electron chi connectivity index (χ4n) is 2.52. The van der Waals surface area contributed by atoms with Crippen LogP contribution in [0.4, 0.5) is 5.00 Å². The molecule has 2 amide bonds.